The van der Waals surface area contributed by atoms with Crippen molar-refractivity contribution in [3.63, 3.8) is 0 Å². The van der Waals surface area contributed by atoms with Crippen LogP contribution in [0.2, 0.25) is 0 Å². The molecule has 4 aromatic carbocycles. The van der Waals surface area contributed by atoms with Gasteiger partial charge < -0.3 is 10.6 Å². The first-order chi connectivity index (χ1) is 15.9. The molecule has 2 nitrogen and oxygen atoms in total. The van der Waals surface area contributed by atoms with Gasteiger partial charge in [0.25, 0.3) is 0 Å². The third-order valence-corrected chi connectivity index (χ3v) is 6.69. The topological polar surface area (TPSA) is 24.1 Å². The van der Waals surface area contributed by atoms with E-state index in [4.69, 9.17) is 0 Å². The fraction of sp³-hybridized carbons (Fsp3) is 0.133. The Morgan fingerprint density at radius 3 is 1.79 bits per heavy atom. The molecule has 160 valence electrons. The average molecular weight is 463 g/mol. The van der Waals surface area contributed by atoms with Crippen molar-refractivity contribution in [3.05, 3.63) is 118 Å². The number of fused-ring (bicyclic) bond motifs is 2. The monoisotopic (exact) mass is 462 g/mol. The predicted molar refractivity (Wildman–Crippen MR) is 148 cm³/mol. The van der Waals surface area contributed by atoms with Crippen molar-refractivity contribution < 1.29 is 0 Å². The number of nitrogens with one attached hydrogen (secondary N) is 2. The van der Waals surface area contributed by atoms with Gasteiger partial charge in [0.15, 0.2) is 0 Å². The van der Waals surface area contributed by atoms with Gasteiger partial charge in [0, 0.05) is 26.2 Å². The molecule has 2 heterocycles. The molecule has 0 bridgehead atoms. The van der Waals surface area contributed by atoms with Crippen LogP contribution in [-0.2, 0) is 26.2 Å². The van der Waals surface area contributed by atoms with Crippen LogP contribution in [0.5, 0.6) is 0 Å². The van der Waals surface area contributed by atoms with Crippen LogP contribution in [0.1, 0.15) is 33.4 Å². The molecule has 0 fully saturated rings. The van der Waals surface area contributed by atoms with E-state index in [1.807, 2.05) is 0 Å². The van der Waals surface area contributed by atoms with Crippen molar-refractivity contribution in [3.8, 4) is 22.3 Å². The van der Waals surface area contributed by atoms with Crippen molar-refractivity contribution in [2.45, 2.75) is 26.2 Å². The number of benzene rings is 4. The van der Waals surface area contributed by atoms with Gasteiger partial charge in [-0.15, -0.1) is 0 Å². The fourth-order valence-corrected chi connectivity index (χ4v) is 5.13. The van der Waals surface area contributed by atoms with E-state index in [1.54, 1.807) is 0 Å². The van der Waals surface area contributed by atoms with Crippen LogP contribution < -0.4 is 10.6 Å². The molecular formula is C30H28N2Na2. The molecule has 6 rings (SSSR count). The number of rotatable bonds is 4. The van der Waals surface area contributed by atoms with Crippen LogP contribution in [0.25, 0.3) is 34.4 Å². The van der Waals surface area contributed by atoms with Crippen molar-refractivity contribution in [1.29, 1.82) is 0 Å². The Labute approximate surface area is 246 Å². The zero-order valence-electron chi connectivity index (χ0n) is 18.1. The summed E-state index contributed by atoms with van der Waals surface area (Å²) < 4.78 is 0. The van der Waals surface area contributed by atoms with Crippen LogP contribution >= 0.6 is 0 Å². The first-order valence-electron chi connectivity index (χ1n) is 11.4. The molecule has 0 atom stereocenters. The van der Waals surface area contributed by atoms with E-state index < -0.39 is 0 Å². The molecule has 0 saturated heterocycles. The second-order valence-corrected chi connectivity index (χ2v) is 8.61. The summed E-state index contributed by atoms with van der Waals surface area (Å²) in [5, 5.41) is 7.08. The molecule has 0 aromatic heterocycles. The first kappa shape index (κ1) is 25.6. The Balaban J connectivity index is 0.00000137. The minimum atomic E-state index is 0. The Kier molecular flexibility index (Phi) is 8.68. The molecule has 0 unspecified atom stereocenters. The minimum absolute atomic E-state index is 0. The van der Waals surface area contributed by atoms with E-state index in [-0.39, 0.29) is 59.1 Å². The molecule has 2 N–H and O–H groups in total. The van der Waals surface area contributed by atoms with E-state index in [0.29, 0.717) is 0 Å². The zero-order chi connectivity index (χ0) is 21.3. The predicted octanol–water partition coefficient (Wildman–Crippen LogP) is 5.10. The third-order valence-electron chi connectivity index (χ3n) is 6.69. The van der Waals surface area contributed by atoms with Gasteiger partial charge in [0.05, 0.1) is 0 Å². The van der Waals surface area contributed by atoms with Gasteiger partial charge in [-0.1, -0.05) is 97.1 Å². The Hall–Kier alpha value is -1.46. The van der Waals surface area contributed by atoms with Gasteiger partial charge in [-0.25, -0.2) is 0 Å². The molecular weight excluding hydrogens is 434 g/mol. The normalized spacial score (nSPS) is 13.8. The maximum atomic E-state index is 3.55. The summed E-state index contributed by atoms with van der Waals surface area (Å²) in [7, 11) is 0. The SMILES string of the molecule is C(=Cc1cccc(-c2cccc3c2CNC3)c1-c1cccc2c1CNC2)c1ccccc1.[NaH].[NaH]. The van der Waals surface area contributed by atoms with E-state index in [1.165, 1.54) is 55.6 Å². The van der Waals surface area contributed by atoms with Gasteiger partial charge in [-0.2, -0.15) is 0 Å². The number of hydrogen-bond acceptors (Lipinski definition) is 2. The third kappa shape index (κ3) is 4.93. The van der Waals surface area contributed by atoms with Gasteiger partial charge in [0.1, 0.15) is 0 Å². The van der Waals surface area contributed by atoms with Crippen molar-refractivity contribution in [2.24, 2.45) is 0 Å². The van der Waals surface area contributed by atoms with Crippen LogP contribution in [0, 0.1) is 0 Å². The van der Waals surface area contributed by atoms with E-state index in [2.05, 4.69) is 108 Å². The zero-order valence-corrected chi connectivity index (χ0v) is 18.1. The van der Waals surface area contributed by atoms with Crippen LogP contribution in [0.4, 0.5) is 0 Å². The van der Waals surface area contributed by atoms with Crippen molar-refractivity contribution in [1.82, 2.24) is 10.6 Å². The Bertz CT molecular complexity index is 1330. The number of hydrogen-bond donors (Lipinski definition) is 2. The van der Waals surface area contributed by atoms with Gasteiger partial charge >= 0.3 is 59.1 Å². The summed E-state index contributed by atoms with van der Waals surface area (Å²) in [5.74, 6) is 0. The Morgan fingerprint density at radius 2 is 1.09 bits per heavy atom. The fourth-order valence-electron chi connectivity index (χ4n) is 5.13. The second kappa shape index (κ2) is 11.5. The Morgan fingerprint density at radius 1 is 0.500 bits per heavy atom. The van der Waals surface area contributed by atoms with Crippen LogP contribution in [0.15, 0.2) is 84.9 Å². The van der Waals surface area contributed by atoms with E-state index in [0.717, 1.165) is 26.2 Å². The van der Waals surface area contributed by atoms with Crippen LogP contribution in [0.3, 0.4) is 0 Å². The van der Waals surface area contributed by atoms with E-state index in [9.17, 15) is 0 Å². The van der Waals surface area contributed by atoms with Gasteiger partial charge in [-0.05, 0) is 55.6 Å². The molecule has 34 heavy (non-hydrogen) atoms. The van der Waals surface area contributed by atoms with Crippen molar-refractivity contribution in [2.75, 3.05) is 0 Å². The summed E-state index contributed by atoms with van der Waals surface area (Å²) in [4.78, 5) is 0. The summed E-state index contributed by atoms with van der Waals surface area (Å²) >= 11 is 0. The first-order valence-corrected chi connectivity index (χ1v) is 11.4. The molecule has 4 aromatic rings. The molecule has 2 aliphatic rings. The molecule has 2 aliphatic heterocycles. The molecule has 0 saturated carbocycles. The molecule has 0 spiro atoms. The quantitative estimate of drug-likeness (QED) is 0.326. The second-order valence-electron chi connectivity index (χ2n) is 8.61. The molecule has 0 amide bonds. The van der Waals surface area contributed by atoms with Crippen molar-refractivity contribution >= 4 is 71.3 Å². The summed E-state index contributed by atoms with van der Waals surface area (Å²) in [5.41, 5.74) is 13.5. The summed E-state index contributed by atoms with van der Waals surface area (Å²) in [6.45, 7) is 3.77. The van der Waals surface area contributed by atoms with Gasteiger partial charge in [0.2, 0.25) is 0 Å². The van der Waals surface area contributed by atoms with Crippen LogP contribution in [-0.4, -0.2) is 59.1 Å². The van der Waals surface area contributed by atoms with E-state index >= 15 is 0 Å². The maximum absolute atomic E-state index is 3.55. The molecule has 4 heteroatoms. The van der Waals surface area contributed by atoms with Gasteiger partial charge in [-0.3, -0.25) is 0 Å². The molecule has 0 aliphatic carbocycles. The standard InChI is InChI=1S/C30H26N2.2Na.2H/c1-2-7-21(8-3-1)15-16-22-9-4-13-26(25-12-5-10-23-17-31-19-28(23)25)30(22)27-14-6-11-24-18-32-20-29(24)27;;;;/h1-16,31-32H,17-20H2;;;;. The average Bonchev–Trinajstić information content (AvgIpc) is 3.52. The molecule has 0 radical (unpaired) electrons. The summed E-state index contributed by atoms with van der Waals surface area (Å²) in [6.07, 6.45) is 4.50. The summed E-state index contributed by atoms with van der Waals surface area (Å²) in [6, 6.07) is 30.8.